The van der Waals surface area contributed by atoms with E-state index in [4.69, 9.17) is 4.52 Å². The van der Waals surface area contributed by atoms with Gasteiger partial charge in [0, 0.05) is 19.7 Å². The summed E-state index contributed by atoms with van der Waals surface area (Å²) in [6.45, 7) is 5.82. The smallest absolute Gasteiger partial charge is 0.191 e. The number of nitrogens with zero attached hydrogens (tertiary/aromatic N) is 2. The summed E-state index contributed by atoms with van der Waals surface area (Å²) < 4.78 is 4.73. The Morgan fingerprint density at radius 3 is 2.87 bits per heavy atom. The van der Waals surface area contributed by atoms with E-state index in [0.717, 1.165) is 18.2 Å². The molecule has 0 fully saturated rings. The van der Waals surface area contributed by atoms with E-state index in [1.54, 1.807) is 13.3 Å². The van der Waals surface area contributed by atoms with Gasteiger partial charge in [-0.1, -0.05) is 19.0 Å². The number of rotatable bonds is 4. The molecule has 0 saturated heterocycles. The topological polar surface area (TPSA) is 62.5 Å². The van der Waals surface area contributed by atoms with E-state index in [2.05, 4.69) is 34.6 Å². The maximum atomic E-state index is 4.73. The molecule has 1 aromatic heterocycles. The Hall–Kier alpha value is -1.52. The van der Waals surface area contributed by atoms with Gasteiger partial charge in [0.2, 0.25) is 0 Å². The molecule has 0 bridgehead atoms. The summed E-state index contributed by atoms with van der Waals surface area (Å²) in [5.41, 5.74) is 0.863. The van der Waals surface area contributed by atoms with E-state index in [-0.39, 0.29) is 0 Å². The minimum atomic E-state index is 0.593. The highest BCUT2D eigenvalue weighted by Gasteiger charge is 2.00. The monoisotopic (exact) mass is 210 g/mol. The Morgan fingerprint density at radius 2 is 2.33 bits per heavy atom. The SMILES string of the molecule is CN=C(NCc1ccon1)NCC(C)C. The van der Waals surface area contributed by atoms with Gasteiger partial charge in [-0.05, 0) is 5.92 Å². The number of hydrogen-bond donors (Lipinski definition) is 2. The predicted octanol–water partition coefficient (Wildman–Crippen LogP) is 0.996. The van der Waals surface area contributed by atoms with Gasteiger partial charge in [0.25, 0.3) is 0 Å². The fourth-order valence-corrected chi connectivity index (χ4v) is 1.02. The van der Waals surface area contributed by atoms with Gasteiger partial charge in [-0.2, -0.15) is 0 Å². The highest BCUT2D eigenvalue weighted by molar-refractivity contribution is 5.79. The molecule has 2 N–H and O–H groups in total. The zero-order chi connectivity index (χ0) is 11.1. The van der Waals surface area contributed by atoms with Crippen molar-refractivity contribution >= 4 is 5.96 Å². The summed E-state index contributed by atoms with van der Waals surface area (Å²) in [5.74, 6) is 1.38. The Balaban J connectivity index is 2.29. The van der Waals surface area contributed by atoms with Crippen LogP contribution in [0, 0.1) is 5.92 Å². The fourth-order valence-electron chi connectivity index (χ4n) is 1.02. The average molecular weight is 210 g/mol. The van der Waals surface area contributed by atoms with Gasteiger partial charge in [0.1, 0.15) is 12.0 Å². The molecule has 0 radical (unpaired) electrons. The Kier molecular flexibility index (Phi) is 4.66. The fraction of sp³-hybridized carbons (Fsp3) is 0.600. The van der Waals surface area contributed by atoms with Crippen LogP contribution in [0.5, 0.6) is 0 Å². The van der Waals surface area contributed by atoms with E-state index in [0.29, 0.717) is 12.5 Å². The van der Waals surface area contributed by atoms with Gasteiger partial charge in [-0.15, -0.1) is 0 Å². The first-order valence-electron chi connectivity index (χ1n) is 5.06. The van der Waals surface area contributed by atoms with Crippen molar-refractivity contribution in [3.05, 3.63) is 18.0 Å². The van der Waals surface area contributed by atoms with Gasteiger partial charge in [-0.3, -0.25) is 4.99 Å². The van der Waals surface area contributed by atoms with Crippen molar-refractivity contribution in [2.45, 2.75) is 20.4 Å². The molecular weight excluding hydrogens is 192 g/mol. The number of nitrogens with one attached hydrogen (secondary N) is 2. The molecule has 1 heterocycles. The van der Waals surface area contributed by atoms with Gasteiger partial charge < -0.3 is 15.2 Å². The largest absolute Gasteiger partial charge is 0.364 e. The van der Waals surface area contributed by atoms with Crippen molar-refractivity contribution in [2.24, 2.45) is 10.9 Å². The van der Waals surface area contributed by atoms with Crippen LogP contribution in [0.1, 0.15) is 19.5 Å². The van der Waals surface area contributed by atoms with E-state index in [1.807, 2.05) is 6.07 Å². The van der Waals surface area contributed by atoms with Gasteiger partial charge in [0.05, 0.1) is 6.54 Å². The third-order valence-electron chi connectivity index (χ3n) is 1.83. The Bertz CT molecular complexity index is 292. The standard InChI is InChI=1S/C10H18N4O/c1-8(2)6-12-10(11-3)13-7-9-4-5-15-14-9/h4-5,8H,6-7H2,1-3H3,(H2,11,12,13). The van der Waals surface area contributed by atoms with Crippen molar-refractivity contribution < 1.29 is 4.52 Å². The van der Waals surface area contributed by atoms with Gasteiger partial charge >= 0.3 is 0 Å². The quantitative estimate of drug-likeness (QED) is 0.575. The predicted molar refractivity (Wildman–Crippen MR) is 59.5 cm³/mol. The molecule has 0 aromatic carbocycles. The van der Waals surface area contributed by atoms with Crippen LogP contribution in [0.25, 0.3) is 0 Å². The maximum Gasteiger partial charge on any atom is 0.191 e. The first-order chi connectivity index (χ1) is 7.22. The molecule has 15 heavy (non-hydrogen) atoms. The lowest BCUT2D eigenvalue weighted by molar-refractivity contribution is 0.410. The van der Waals surface area contributed by atoms with Crippen LogP contribution in [0.15, 0.2) is 21.8 Å². The van der Waals surface area contributed by atoms with E-state index in [9.17, 15) is 0 Å². The number of guanidine groups is 1. The van der Waals surface area contributed by atoms with Crippen LogP contribution < -0.4 is 10.6 Å². The Morgan fingerprint density at radius 1 is 1.53 bits per heavy atom. The molecule has 0 atom stereocenters. The average Bonchev–Trinajstić information content (AvgIpc) is 2.70. The summed E-state index contributed by atoms with van der Waals surface area (Å²) in [6, 6.07) is 1.82. The summed E-state index contributed by atoms with van der Waals surface area (Å²) >= 11 is 0. The molecule has 0 aliphatic heterocycles. The minimum absolute atomic E-state index is 0.593. The second-order valence-corrected chi connectivity index (χ2v) is 3.69. The number of aromatic nitrogens is 1. The van der Waals surface area contributed by atoms with Crippen LogP contribution in [0.4, 0.5) is 0 Å². The highest BCUT2D eigenvalue weighted by atomic mass is 16.5. The van der Waals surface area contributed by atoms with Crippen LogP contribution in [0.2, 0.25) is 0 Å². The zero-order valence-corrected chi connectivity index (χ0v) is 9.45. The molecule has 0 aliphatic rings. The second-order valence-electron chi connectivity index (χ2n) is 3.69. The summed E-state index contributed by atoms with van der Waals surface area (Å²) in [7, 11) is 1.75. The molecule has 0 aliphatic carbocycles. The summed E-state index contributed by atoms with van der Waals surface area (Å²) in [6.07, 6.45) is 1.56. The molecule has 0 saturated carbocycles. The molecular formula is C10H18N4O. The first-order valence-corrected chi connectivity index (χ1v) is 5.06. The van der Waals surface area contributed by atoms with Crippen molar-refractivity contribution in [2.75, 3.05) is 13.6 Å². The van der Waals surface area contributed by atoms with Crippen molar-refractivity contribution in [3.63, 3.8) is 0 Å². The lowest BCUT2D eigenvalue weighted by atomic mass is 10.2. The van der Waals surface area contributed by atoms with Gasteiger partial charge in [0.15, 0.2) is 5.96 Å². The maximum absolute atomic E-state index is 4.73. The molecule has 5 nitrogen and oxygen atoms in total. The number of hydrogen-bond acceptors (Lipinski definition) is 3. The second kappa shape index (κ2) is 6.06. The molecule has 1 rings (SSSR count). The van der Waals surface area contributed by atoms with Crippen LogP contribution >= 0.6 is 0 Å². The summed E-state index contributed by atoms with van der Waals surface area (Å²) in [5, 5.41) is 10.2. The zero-order valence-electron chi connectivity index (χ0n) is 9.45. The highest BCUT2D eigenvalue weighted by Crippen LogP contribution is 1.92. The van der Waals surface area contributed by atoms with E-state index >= 15 is 0 Å². The molecule has 5 heteroatoms. The molecule has 0 unspecified atom stereocenters. The van der Waals surface area contributed by atoms with Gasteiger partial charge in [-0.25, -0.2) is 0 Å². The van der Waals surface area contributed by atoms with Crippen molar-refractivity contribution in [3.8, 4) is 0 Å². The number of aliphatic imine (C=N–C) groups is 1. The normalized spacial score (nSPS) is 11.9. The van der Waals surface area contributed by atoms with E-state index in [1.165, 1.54) is 0 Å². The van der Waals surface area contributed by atoms with E-state index < -0.39 is 0 Å². The third-order valence-corrected chi connectivity index (χ3v) is 1.83. The Labute approximate surface area is 89.9 Å². The molecule has 84 valence electrons. The van der Waals surface area contributed by atoms with Crippen LogP contribution in [-0.4, -0.2) is 24.7 Å². The first kappa shape index (κ1) is 11.6. The van der Waals surface area contributed by atoms with Crippen LogP contribution in [0.3, 0.4) is 0 Å². The summed E-state index contributed by atoms with van der Waals surface area (Å²) in [4.78, 5) is 4.10. The lowest BCUT2D eigenvalue weighted by Gasteiger charge is -2.12. The third kappa shape index (κ3) is 4.49. The lowest BCUT2D eigenvalue weighted by Crippen LogP contribution is -2.38. The minimum Gasteiger partial charge on any atom is -0.364 e. The molecule has 1 aromatic rings. The van der Waals surface area contributed by atoms with Crippen molar-refractivity contribution in [1.29, 1.82) is 0 Å². The molecule has 0 amide bonds. The molecule has 0 spiro atoms. The van der Waals surface area contributed by atoms with Crippen molar-refractivity contribution in [1.82, 2.24) is 15.8 Å². The van der Waals surface area contributed by atoms with Crippen LogP contribution in [-0.2, 0) is 6.54 Å².